The van der Waals surface area contributed by atoms with E-state index in [2.05, 4.69) is 71.8 Å². The highest BCUT2D eigenvalue weighted by Crippen LogP contribution is 2.35. The SMILES string of the molecule is CC(C)(C)OC(=O)N1CC[C@@H](n2nc(I)c3c(N)ncnc32)C1.CC(C)c1ccnc(NC(=O)c2ccc(-c3nn([C@@H]4CCN(C(=O)OC(C)(C)C)C4)c4ncnc(N)c34)cc2)c1. The Morgan fingerprint density at radius 2 is 1.27 bits per heavy atom. The van der Waals surface area contributed by atoms with Crippen molar-refractivity contribution in [1.29, 1.82) is 0 Å². The van der Waals surface area contributed by atoms with Gasteiger partial charge in [0.1, 0.15) is 50.7 Å². The number of ether oxygens (including phenoxy) is 2. The van der Waals surface area contributed by atoms with Crippen LogP contribution in [0.3, 0.4) is 0 Å². The van der Waals surface area contributed by atoms with Crippen molar-refractivity contribution in [3.63, 3.8) is 0 Å². The maximum atomic E-state index is 12.9. The quantitative estimate of drug-likeness (QED) is 0.140. The smallest absolute Gasteiger partial charge is 0.410 e. The van der Waals surface area contributed by atoms with E-state index in [0.717, 1.165) is 26.6 Å². The fraction of sp³-hybridized carbons (Fsp3) is 0.442. The van der Waals surface area contributed by atoms with Crippen molar-refractivity contribution in [2.75, 3.05) is 43.0 Å². The van der Waals surface area contributed by atoms with Crippen LogP contribution in [-0.2, 0) is 9.47 Å². The third kappa shape index (κ3) is 10.2. The van der Waals surface area contributed by atoms with Gasteiger partial charge in [-0.25, -0.2) is 43.9 Å². The summed E-state index contributed by atoms with van der Waals surface area (Å²) in [5, 5.41) is 13.7. The molecule has 63 heavy (non-hydrogen) atoms. The summed E-state index contributed by atoms with van der Waals surface area (Å²) in [6, 6.07) is 10.9. The van der Waals surface area contributed by atoms with E-state index in [1.807, 2.05) is 75.2 Å². The summed E-state index contributed by atoms with van der Waals surface area (Å²) >= 11 is 2.13. The van der Waals surface area contributed by atoms with Crippen LogP contribution in [0.1, 0.15) is 102 Å². The van der Waals surface area contributed by atoms with Crippen LogP contribution < -0.4 is 16.8 Å². The highest BCUT2D eigenvalue weighted by Gasteiger charge is 2.34. The highest BCUT2D eigenvalue weighted by molar-refractivity contribution is 14.1. The number of nitrogens with zero attached hydrogens (tertiary/aromatic N) is 11. The zero-order valence-corrected chi connectivity index (χ0v) is 38.8. The molecule has 0 aliphatic carbocycles. The number of amides is 3. The molecular formula is C43H53IN14O5. The van der Waals surface area contributed by atoms with Gasteiger partial charge >= 0.3 is 12.2 Å². The van der Waals surface area contributed by atoms with Gasteiger partial charge in [-0.3, -0.25) is 4.79 Å². The molecule has 0 saturated carbocycles. The Labute approximate surface area is 378 Å². The van der Waals surface area contributed by atoms with Gasteiger partial charge in [-0.2, -0.15) is 10.2 Å². The summed E-state index contributed by atoms with van der Waals surface area (Å²) in [6.07, 6.45) is 5.41. The molecule has 2 saturated heterocycles. The molecule has 0 unspecified atom stereocenters. The number of nitrogens with two attached hydrogens (primary N) is 2. The Morgan fingerprint density at radius 1 is 0.746 bits per heavy atom. The van der Waals surface area contributed by atoms with Gasteiger partial charge in [0.15, 0.2) is 11.3 Å². The van der Waals surface area contributed by atoms with Gasteiger partial charge < -0.3 is 36.1 Å². The lowest BCUT2D eigenvalue weighted by molar-refractivity contribution is 0.0278. The second-order valence-corrected chi connectivity index (χ2v) is 18.9. The molecule has 2 aliphatic rings. The van der Waals surface area contributed by atoms with Crippen LogP contribution in [-0.4, -0.2) is 110 Å². The number of nitrogens with one attached hydrogen (secondary N) is 1. The Hall–Kier alpha value is -6.19. The first-order valence-electron chi connectivity index (χ1n) is 20.7. The Bertz CT molecular complexity index is 2650. The van der Waals surface area contributed by atoms with E-state index in [4.69, 9.17) is 26.0 Å². The number of pyridine rings is 1. The van der Waals surface area contributed by atoms with Crippen molar-refractivity contribution < 1.29 is 23.9 Å². The summed E-state index contributed by atoms with van der Waals surface area (Å²) in [6.45, 7) is 17.5. The summed E-state index contributed by atoms with van der Waals surface area (Å²) in [7, 11) is 0. The van der Waals surface area contributed by atoms with Gasteiger partial charge in [-0.05, 0) is 113 Å². The second kappa shape index (κ2) is 17.9. The standard InChI is InChI=1S/C29H34N8O3.C14H19IN6O2/c1-17(2)20-10-12-31-22(14-20)34-27(38)19-8-6-18(7-9-19)24-23-25(30)32-16-33-26(23)37(35-24)21-11-13-36(15-21)28(39)40-29(3,4)5;1-14(2,3)23-13(22)20-5-4-8(6-20)21-12-9(10(15)19-21)11(16)17-7-18-12/h6-10,12,14,16-17,21H,11,13,15H2,1-5H3,(H2,30,32,33)(H,31,34,38);7-8H,4-6H2,1-3H3,(H2,16,17,18)/t21-;8-/m11/s1. The molecule has 19 nitrogen and oxygen atoms in total. The number of likely N-dealkylation sites (tertiary alicyclic amines) is 2. The number of carbonyl (C=O) groups excluding carboxylic acids is 3. The number of aromatic nitrogens is 9. The number of hydrogen-bond acceptors (Lipinski definition) is 14. The van der Waals surface area contributed by atoms with Crippen LogP contribution in [0.15, 0.2) is 55.2 Å². The van der Waals surface area contributed by atoms with E-state index in [0.29, 0.717) is 83.9 Å². The number of hydrogen-bond donors (Lipinski definition) is 3. The van der Waals surface area contributed by atoms with E-state index in [9.17, 15) is 14.4 Å². The maximum absolute atomic E-state index is 12.9. The summed E-state index contributed by atoms with van der Waals surface area (Å²) < 4.78 is 15.4. The minimum Gasteiger partial charge on any atom is -0.444 e. The normalized spacial score (nSPS) is 16.7. The van der Waals surface area contributed by atoms with E-state index >= 15 is 0 Å². The fourth-order valence-corrected chi connectivity index (χ4v) is 8.12. The summed E-state index contributed by atoms with van der Waals surface area (Å²) in [4.78, 5) is 62.4. The third-order valence-corrected chi connectivity index (χ3v) is 11.2. The van der Waals surface area contributed by atoms with Crippen LogP contribution in [0.4, 0.5) is 27.0 Å². The van der Waals surface area contributed by atoms with Gasteiger partial charge in [0.05, 0.1) is 22.9 Å². The molecule has 7 heterocycles. The fourth-order valence-electron chi connectivity index (χ4n) is 7.37. The summed E-state index contributed by atoms with van der Waals surface area (Å²) in [5.41, 5.74) is 15.4. The van der Waals surface area contributed by atoms with Crippen molar-refractivity contribution >= 4 is 80.2 Å². The molecule has 2 fully saturated rings. The molecule has 332 valence electrons. The Morgan fingerprint density at radius 3 is 1.81 bits per heavy atom. The van der Waals surface area contributed by atoms with E-state index in [-0.39, 0.29) is 30.2 Å². The highest BCUT2D eigenvalue weighted by atomic mass is 127. The van der Waals surface area contributed by atoms with E-state index in [1.54, 1.807) is 28.1 Å². The number of fused-ring (bicyclic) bond motifs is 2. The minimum absolute atomic E-state index is 0.0582. The van der Waals surface area contributed by atoms with Crippen molar-refractivity contribution in [2.45, 2.75) is 97.4 Å². The second-order valence-electron chi connectivity index (χ2n) is 17.8. The average molecular weight is 973 g/mol. The van der Waals surface area contributed by atoms with Gasteiger partial charge in [0, 0.05) is 43.5 Å². The lowest BCUT2D eigenvalue weighted by Crippen LogP contribution is -2.35. The number of carbonyl (C=O) groups is 3. The topological polar surface area (TPSA) is 240 Å². The molecule has 5 N–H and O–H groups in total. The van der Waals surface area contributed by atoms with E-state index < -0.39 is 11.2 Å². The first-order chi connectivity index (χ1) is 29.8. The Balaban J connectivity index is 0.000000219. The minimum atomic E-state index is -0.569. The zero-order chi connectivity index (χ0) is 45.4. The average Bonchev–Trinajstić information content (AvgIpc) is 4.03. The Kier molecular flexibility index (Phi) is 12.7. The first-order valence-corrected chi connectivity index (χ1v) is 21.8. The predicted molar refractivity (Wildman–Crippen MR) is 247 cm³/mol. The molecule has 2 aliphatic heterocycles. The van der Waals surface area contributed by atoms with Crippen LogP contribution in [0.5, 0.6) is 0 Å². The monoisotopic (exact) mass is 972 g/mol. The van der Waals surface area contributed by atoms with Crippen LogP contribution in [0.2, 0.25) is 0 Å². The largest absolute Gasteiger partial charge is 0.444 e. The number of halogens is 1. The molecule has 2 atom stereocenters. The van der Waals surface area contributed by atoms with Crippen LogP contribution in [0, 0.1) is 3.70 Å². The molecule has 0 bridgehead atoms. The molecule has 20 heteroatoms. The van der Waals surface area contributed by atoms with Gasteiger partial charge in [0.25, 0.3) is 5.91 Å². The molecular weight excluding hydrogens is 919 g/mol. The third-order valence-electron chi connectivity index (χ3n) is 10.4. The van der Waals surface area contributed by atoms with Gasteiger partial charge in [0.2, 0.25) is 0 Å². The van der Waals surface area contributed by atoms with Crippen molar-refractivity contribution in [2.24, 2.45) is 0 Å². The lowest BCUT2D eigenvalue weighted by Gasteiger charge is -2.24. The number of rotatable bonds is 6. The van der Waals surface area contributed by atoms with Crippen molar-refractivity contribution in [3.8, 4) is 11.3 Å². The zero-order valence-electron chi connectivity index (χ0n) is 36.7. The molecule has 8 rings (SSSR count). The maximum Gasteiger partial charge on any atom is 0.410 e. The lowest BCUT2D eigenvalue weighted by atomic mass is 10.0. The van der Waals surface area contributed by atoms with Crippen LogP contribution >= 0.6 is 22.6 Å². The number of anilines is 3. The molecule has 0 spiro atoms. The van der Waals surface area contributed by atoms with E-state index in [1.165, 1.54) is 12.7 Å². The first kappa shape index (κ1) is 44.9. The number of benzene rings is 1. The molecule has 0 radical (unpaired) electrons. The molecule has 1 aromatic carbocycles. The summed E-state index contributed by atoms with van der Waals surface area (Å²) in [5.74, 6) is 1.31. The van der Waals surface area contributed by atoms with Crippen LogP contribution in [0.25, 0.3) is 33.3 Å². The van der Waals surface area contributed by atoms with Gasteiger partial charge in [-0.1, -0.05) is 26.0 Å². The van der Waals surface area contributed by atoms with Crippen molar-refractivity contribution in [3.05, 3.63) is 70.1 Å². The predicted octanol–water partition coefficient (Wildman–Crippen LogP) is 7.22. The van der Waals surface area contributed by atoms with Gasteiger partial charge in [-0.15, -0.1) is 0 Å². The molecule has 3 amide bonds. The molecule has 5 aromatic heterocycles. The van der Waals surface area contributed by atoms with Crippen molar-refractivity contribution in [1.82, 2.24) is 54.3 Å². The number of nitrogen functional groups attached to an aromatic ring is 2. The molecule has 6 aromatic rings.